The van der Waals surface area contributed by atoms with Crippen LogP contribution in [-0.4, -0.2) is 57.4 Å². The lowest BCUT2D eigenvalue weighted by Gasteiger charge is -2.22. The molecule has 0 aliphatic carbocycles. The number of nitrogens with one attached hydrogen (secondary N) is 2. The van der Waals surface area contributed by atoms with Crippen molar-refractivity contribution in [1.82, 2.24) is 20.2 Å². The van der Waals surface area contributed by atoms with Crippen molar-refractivity contribution in [2.24, 2.45) is 11.3 Å². The van der Waals surface area contributed by atoms with Crippen LogP contribution < -0.4 is 5.32 Å². The Hall–Kier alpha value is -2.90. The standard InChI is InChI=1S/C16H16N4O4/c1-8-18-11-3-2-9(4-12(11)19-8)14(22)20-5-10-13(21)17-6-16(10,7-20)15(23)24/h2-4,10H,5-7H2,1H3,(H,17,21)(H,18,19)(H,23,24)/t10-,16+/m0/s1. The molecule has 2 aliphatic heterocycles. The minimum Gasteiger partial charge on any atom is -0.481 e. The average Bonchev–Trinajstić information content (AvgIpc) is 3.18. The largest absolute Gasteiger partial charge is 0.481 e. The molecule has 1 aromatic carbocycles. The molecule has 1 aromatic heterocycles. The number of fused-ring (bicyclic) bond motifs is 2. The van der Waals surface area contributed by atoms with Crippen molar-refractivity contribution in [3.63, 3.8) is 0 Å². The molecule has 2 fully saturated rings. The number of aromatic amines is 1. The van der Waals surface area contributed by atoms with Gasteiger partial charge in [0.25, 0.3) is 5.91 Å². The number of hydrogen-bond acceptors (Lipinski definition) is 4. The summed E-state index contributed by atoms with van der Waals surface area (Å²) in [6.45, 7) is 2.05. The lowest BCUT2D eigenvalue weighted by Crippen LogP contribution is -2.41. The van der Waals surface area contributed by atoms with Gasteiger partial charge in [-0.2, -0.15) is 0 Å². The molecule has 2 aromatic rings. The molecule has 3 heterocycles. The van der Waals surface area contributed by atoms with Gasteiger partial charge in [-0.3, -0.25) is 14.4 Å². The Bertz CT molecular complexity index is 889. The molecule has 4 rings (SSSR count). The van der Waals surface area contributed by atoms with E-state index in [1.807, 2.05) is 6.92 Å². The van der Waals surface area contributed by atoms with E-state index in [1.54, 1.807) is 18.2 Å². The molecule has 2 saturated heterocycles. The summed E-state index contributed by atoms with van der Waals surface area (Å²) in [5.41, 5.74) is 0.751. The Morgan fingerprint density at radius 3 is 2.92 bits per heavy atom. The summed E-state index contributed by atoms with van der Waals surface area (Å²) in [5.74, 6) is -1.55. The van der Waals surface area contributed by atoms with Gasteiger partial charge in [-0.15, -0.1) is 0 Å². The number of benzene rings is 1. The molecule has 8 heteroatoms. The minimum absolute atomic E-state index is 0.0324. The van der Waals surface area contributed by atoms with Gasteiger partial charge in [0.05, 0.1) is 17.0 Å². The van der Waals surface area contributed by atoms with Crippen molar-refractivity contribution >= 4 is 28.8 Å². The van der Waals surface area contributed by atoms with E-state index in [9.17, 15) is 19.5 Å². The Labute approximate surface area is 136 Å². The van der Waals surface area contributed by atoms with Gasteiger partial charge in [-0.1, -0.05) is 0 Å². The van der Waals surface area contributed by atoms with Crippen LogP contribution in [0.4, 0.5) is 0 Å². The molecule has 0 bridgehead atoms. The normalized spacial score (nSPS) is 25.8. The van der Waals surface area contributed by atoms with E-state index in [0.29, 0.717) is 5.56 Å². The number of carboxylic acids is 1. The third-order valence-corrected chi connectivity index (χ3v) is 5.00. The van der Waals surface area contributed by atoms with E-state index in [4.69, 9.17) is 0 Å². The number of aliphatic carboxylic acids is 1. The van der Waals surface area contributed by atoms with Crippen molar-refractivity contribution in [3.8, 4) is 0 Å². The fourth-order valence-electron chi connectivity index (χ4n) is 3.69. The second-order valence-corrected chi connectivity index (χ2v) is 6.47. The van der Waals surface area contributed by atoms with Crippen LogP contribution in [0, 0.1) is 18.3 Å². The van der Waals surface area contributed by atoms with E-state index in [1.165, 1.54) is 4.90 Å². The minimum atomic E-state index is -1.22. The number of imidazole rings is 1. The first-order valence-corrected chi connectivity index (χ1v) is 7.67. The van der Waals surface area contributed by atoms with Crippen LogP contribution in [0.2, 0.25) is 0 Å². The van der Waals surface area contributed by atoms with Crippen LogP contribution in [0.15, 0.2) is 18.2 Å². The zero-order chi connectivity index (χ0) is 17.1. The molecule has 2 amide bonds. The molecule has 0 radical (unpaired) electrons. The van der Waals surface area contributed by atoms with Crippen molar-refractivity contribution in [2.45, 2.75) is 6.92 Å². The molecular formula is C16H16N4O4. The smallest absolute Gasteiger partial charge is 0.314 e. The number of aromatic nitrogens is 2. The van der Waals surface area contributed by atoms with Gasteiger partial charge < -0.3 is 20.3 Å². The molecular weight excluding hydrogens is 312 g/mol. The van der Waals surface area contributed by atoms with Crippen LogP contribution in [0.25, 0.3) is 11.0 Å². The highest BCUT2D eigenvalue weighted by molar-refractivity contribution is 6.00. The van der Waals surface area contributed by atoms with Crippen LogP contribution in [0.3, 0.4) is 0 Å². The van der Waals surface area contributed by atoms with Crippen molar-refractivity contribution in [3.05, 3.63) is 29.6 Å². The number of rotatable bonds is 2. The first kappa shape index (κ1) is 14.7. The highest BCUT2D eigenvalue weighted by atomic mass is 16.4. The van der Waals surface area contributed by atoms with E-state index >= 15 is 0 Å². The molecule has 0 saturated carbocycles. The van der Waals surface area contributed by atoms with Crippen LogP contribution >= 0.6 is 0 Å². The third kappa shape index (κ3) is 1.92. The molecule has 124 valence electrons. The number of amides is 2. The van der Waals surface area contributed by atoms with Gasteiger partial charge in [-0.25, -0.2) is 4.98 Å². The maximum atomic E-state index is 12.8. The number of carboxylic acid groups (broad SMARTS) is 1. The monoisotopic (exact) mass is 328 g/mol. The lowest BCUT2D eigenvalue weighted by molar-refractivity contribution is -0.149. The van der Waals surface area contributed by atoms with Crippen molar-refractivity contribution in [1.29, 1.82) is 0 Å². The maximum absolute atomic E-state index is 12.8. The van der Waals surface area contributed by atoms with Gasteiger partial charge in [0.2, 0.25) is 5.91 Å². The van der Waals surface area contributed by atoms with Gasteiger partial charge in [0.15, 0.2) is 0 Å². The number of carbonyl (C=O) groups excluding carboxylic acids is 2. The first-order chi connectivity index (χ1) is 11.4. The summed E-state index contributed by atoms with van der Waals surface area (Å²) in [5, 5.41) is 12.2. The quantitative estimate of drug-likeness (QED) is 0.725. The second-order valence-electron chi connectivity index (χ2n) is 6.47. The summed E-state index contributed by atoms with van der Waals surface area (Å²) in [6.07, 6.45) is 0. The summed E-state index contributed by atoms with van der Waals surface area (Å²) < 4.78 is 0. The van der Waals surface area contributed by atoms with Crippen LogP contribution in [-0.2, 0) is 9.59 Å². The van der Waals surface area contributed by atoms with Crippen molar-refractivity contribution < 1.29 is 19.5 Å². The second kappa shape index (κ2) is 4.80. The fourth-order valence-corrected chi connectivity index (χ4v) is 3.69. The van der Waals surface area contributed by atoms with E-state index in [-0.39, 0.29) is 31.4 Å². The topological polar surface area (TPSA) is 115 Å². The zero-order valence-corrected chi connectivity index (χ0v) is 13.0. The molecule has 24 heavy (non-hydrogen) atoms. The highest BCUT2D eigenvalue weighted by Crippen LogP contribution is 2.40. The van der Waals surface area contributed by atoms with Gasteiger partial charge in [0, 0.05) is 25.2 Å². The van der Waals surface area contributed by atoms with Crippen LogP contribution in [0.1, 0.15) is 16.2 Å². The number of likely N-dealkylation sites (tertiary alicyclic amines) is 1. The lowest BCUT2D eigenvalue weighted by atomic mass is 9.81. The van der Waals surface area contributed by atoms with Gasteiger partial charge in [0.1, 0.15) is 11.2 Å². The van der Waals surface area contributed by atoms with E-state index < -0.39 is 17.3 Å². The number of aryl methyl sites for hydroxylation is 1. The maximum Gasteiger partial charge on any atom is 0.314 e. The Morgan fingerprint density at radius 1 is 1.42 bits per heavy atom. The van der Waals surface area contributed by atoms with Crippen LogP contribution in [0.5, 0.6) is 0 Å². The Balaban J connectivity index is 1.65. The summed E-state index contributed by atoms with van der Waals surface area (Å²) in [6, 6.07) is 5.13. The number of carbonyl (C=O) groups is 3. The van der Waals surface area contributed by atoms with Gasteiger partial charge in [-0.05, 0) is 25.1 Å². The zero-order valence-electron chi connectivity index (χ0n) is 13.0. The predicted octanol–water partition coefficient (Wildman–Crippen LogP) is 0.144. The van der Waals surface area contributed by atoms with E-state index in [2.05, 4.69) is 15.3 Å². The Morgan fingerprint density at radius 2 is 2.21 bits per heavy atom. The average molecular weight is 328 g/mol. The number of hydrogen-bond donors (Lipinski definition) is 3. The first-order valence-electron chi connectivity index (χ1n) is 7.67. The number of H-pyrrole nitrogens is 1. The highest BCUT2D eigenvalue weighted by Gasteiger charge is 2.60. The van der Waals surface area contributed by atoms with Gasteiger partial charge >= 0.3 is 5.97 Å². The molecule has 3 N–H and O–H groups in total. The molecule has 8 nitrogen and oxygen atoms in total. The third-order valence-electron chi connectivity index (χ3n) is 5.00. The molecule has 2 atom stereocenters. The summed E-state index contributed by atoms with van der Waals surface area (Å²) in [4.78, 5) is 45.2. The summed E-state index contributed by atoms with van der Waals surface area (Å²) in [7, 11) is 0. The summed E-state index contributed by atoms with van der Waals surface area (Å²) >= 11 is 0. The Kier molecular flexibility index (Phi) is 2.93. The SMILES string of the molecule is Cc1nc2ccc(C(=O)N3C[C@H]4C(=O)NC[C@@]4(C(=O)O)C3)cc2[nH]1. The fraction of sp³-hybridized carbons (Fsp3) is 0.375. The van der Waals surface area contributed by atoms with Crippen molar-refractivity contribution in [2.75, 3.05) is 19.6 Å². The molecule has 0 spiro atoms. The molecule has 2 aliphatic rings. The number of nitrogens with zero attached hydrogens (tertiary/aromatic N) is 2. The molecule has 0 unspecified atom stereocenters. The predicted molar refractivity (Wildman–Crippen MR) is 83.3 cm³/mol. The van der Waals surface area contributed by atoms with E-state index in [0.717, 1.165) is 16.9 Å².